The van der Waals surface area contributed by atoms with Gasteiger partial charge in [-0.3, -0.25) is 4.72 Å². The van der Waals surface area contributed by atoms with Gasteiger partial charge in [0.25, 0.3) is 10.0 Å². The molecule has 2 aromatic heterocycles. The fourth-order valence-corrected chi connectivity index (χ4v) is 3.44. The molecule has 0 aliphatic heterocycles. The molecule has 5 nitrogen and oxygen atoms in total. The summed E-state index contributed by atoms with van der Waals surface area (Å²) in [5.74, 6) is -0.542. The van der Waals surface area contributed by atoms with Gasteiger partial charge in [0, 0.05) is 17.8 Å². The average molecular weight is 326 g/mol. The number of hydrogen-bond acceptors (Lipinski definition) is 3. The molecule has 1 aromatic carbocycles. The number of aromatic amines is 1. The van der Waals surface area contributed by atoms with Crippen LogP contribution in [-0.2, 0) is 10.0 Å². The molecule has 2 heterocycles. The van der Waals surface area contributed by atoms with E-state index in [1.54, 1.807) is 18.3 Å². The Morgan fingerprint density at radius 2 is 2.10 bits per heavy atom. The predicted molar refractivity (Wildman–Crippen MR) is 78.3 cm³/mol. The first-order valence-electron chi connectivity index (χ1n) is 5.87. The van der Waals surface area contributed by atoms with Crippen LogP contribution in [0, 0.1) is 5.82 Å². The number of benzene rings is 1. The van der Waals surface area contributed by atoms with Crippen molar-refractivity contribution in [3.63, 3.8) is 0 Å². The first kappa shape index (κ1) is 13.8. The maximum absolute atomic E-state index is 13.0. The number of aromatic nitrogens is 2. The molecule has 0 radical (unpaired) electrons. The van der Waals surface area contributed by atoms with E-state index in [2.05, 4.69) is 14.7 Å². The maximum atomic E-state index is 13.0. The van der Waals surface area contributed by atoms with Gasteiger partial charge < -0.3 is 4.98 Å². The molecule has 0 aliphatic rings. The fourth-order valence-electron chi connectivity index (χ4n) is 1.93. The lowest BCUT2D eigenvalue weighted by atomic mass is 10.3. The van der Waals surface area contributed by atoms with Crippen LogP contribution in [0.15, 0.2) is 47.6 Å². The van der Waals surface area contributed by atoms with E-state index in [9.17, 15) is 12.8 Å². The van der Waals surface area contributed by atoms with E-state index in [4.69, 9.17) is 11.6 Å². The number of H-pyrrole nitrogens is 1. The maximum Gasteiger partial charge on any atom is 0.264 e. The summed E-state index contributed by atoms with van der Waals surface area (Å²) in [6.45, 7) is 0. The van der Waals surface area contributed by atoms with Crippen LogP contribution in [-0.4, -0.2) is 18.4 Å². The summed E-state index contributed by atoms with van der Waals surface area (Å²) in [7, 11) is -3.86. The second-order valence-corrected chi connectivity index (χ2v) is 6.34. The van der Waals surface area contributed by atoms with E-state index < -0.39 is 15.8 Å². The molecule has 0 fully saturated rings. The van der Waals surface area contributed by atoms with Gasteiger partial charge in [0.2, 0.25) is 0 Å². The molecular formula is C13H9ClFN3O2S. The molecule has 3 aromatic rings. The Kier molecular flexibility index (Phi) is 3.30. The van der Waals surface area contributed by atoms with Crippen LogP contribution in [0.2, 0.25) is 5.02 Å². The Morgan fingerprint density at radius 3 is 2.86 bits per heavy atom. The molecule has 2 N–H and O–H groups in total. The molecule has 0 saturated heterocycles. The van der Waals surface area contributed by atoms with E-state index in [0.29, 0.717) is 11.0 Å². The van der Waals surface area contributed by atoms with Crippen molar-refractivity contribution in [1.29, 1.82) is 0 Å². The number of fused-ring (bicyclic) bond motifs is 1. The molecule has 0 spiro atoms. The summed E-state index contributed by atoms with van der Waals surface area (Å²) in [4.78, 5) is 6.86. The molecule has 21 heavy (non-hydrogen) atoms. The molecule has 0 saturated carbocycles. The molecule has 108 valence electrons. The number of anilines is 1. The number of sulfonamides is 1. The third kappa shape index (κ3) is 2.57. The van der Waals surface area contributed by atoms with Crippen LogP contribution in [0.3, 0.4) is 0 Å². The highest BCUT2D eigenvalue weighted by atomic mass is 35.5. The summed E-state index contributed by atoms with van der Waals surface area (Å²) in [6.07, 6.45) is 2.90. The third-order valence-corrected chi connectivity index (χ3v) is 4.60. The van der Waals surface area contributed by atoms with Crippen molar-refractivity contribution in [3.05, 3.63) is 53.6 Å². The van der Waals surface area contributed by atoms with Crippen molar-refractivity contribution in [1.82, 2.24) is 9.97 Å². The standard InChI is InChI=1S/C13H9ClFN3O2S/c14-10-6-8(15)3-4-11(10)18-21(19,20)12-7-17-13-9(12)2-1-5-16-13/h1-7,18H,(H,16,17). The van der Waals surface area contributed by atoms with Crippen LogP contribution in [0.5, 0.6) is 0 Å². The molecule has 0 bridgehead atoms. The minimum Gasteiger partial charge on any atom is -0.345 e. The molecule has 0 atom stereocenters. The largest absolute Gasteiger partial charge is 0.345 e. The van der Waals surface area contributed by atoms with Crippen molar-refractivity contribution in [2.24, 2.45) is 0 Å². The first-order valence-corrected chi connectivity index (χ1v) is 7.73. The number of hydrogen-bond donors (Lipinski definition) is 2. The molecular weight excluding hydrogens is 317 g/mol. The number of rotatable bonds is 3. The summed E-state index contributed by atoms with van der Waals surface area (Å²) in [5, 5.41) is 0.444. The summed E-state index contributed by atoms with van der Waals surface area (Å²) < 4.78 is 40.1. The lowest BCUT2D eigenvalue weighted by molar-refractivity contribution is 0.602. The van der Waals surface area contributed by atoms with Crippen LogP contribution in [0.1, 0.15) is 0 Å². The Morgan fingerprint density at radius 1 is 1.29 bits per heavy atom. The van der Waals surface area contributed by atoms with Crippen LogP contribution in [0.4, 0.5) is 10.1 Å². The van der Waals surface area contributed by atoms with Gasteiger partial charge in [-0.1, -0.05) is 11.6 Å². The van der Waals surface area contributed by atoms with E-state index >= 15 is 0 Å². The summed E-state index contributed by atoms with van der Waals surface area (Å²) >= 11 is 5.83. The number of nitrogens with one attached hydrogen (secondary N) is 2. The van der Waals surface area contributed by atoms with Crippen LogP contribution < -0.4 is 4.72 Å². The SMILES string of the molecule is O=S(=O)(Nc1ccc(F)cc1Cl)c1c[nH]c2ncccc12. The van der Waals surface area contributed by atoms with Crippen molar-refractivity contribution in [3.8, 4) is 0 Å². The molecule has 0 aliphatic carbocycles. The van der Waals surface area contributed by atoms with Crippen molar-refractivity contribution >= 4 is 38.3 Å². The zero-order valence-corrected chi connectivity index (χ0v) is 12.0. The van der Waals surface area contributed by atoms with Crippen LogP contribution >= 0.6 is 11.6 Å². The highest BCUT2D eigenvalue weighted by Gasteiger charge is 2.20. The van der Waals surface area contributed by atoms with Gasteiger partial charge in [-0.05, 0) is 30.3 Å². The molecule has 0 unspecified atom stereocenters. The van der Waals surface area contributed by atoms with Crippen molar-refractivity contribution < 1.29 is 12.8 Å². The van der Waals surface area contributed by atoms with Gasteiger partial charge in [-0.2, -0.15) is 0 Å². The van der Waals surface area contributed by atoms with Crippen molar-refractivity contribution in [2.45, 2.75) is 4.90 Å². The minimum atomic E-state index is -3.86. The molecule has 3 rings (SSSR count). The van der Waals surface area contributed by atoms with Gasteiger partial charge in [0.05, 0.1) is 10.7 Å². The highest BCUT2D eigenvalue weighted by molar-refractivity contribution is 7.93. The monoisotopic (exact) mass is 325 g/mol. The predicted octanol–water partition coefficient (Wildman–Crippen LogP) is 3.16. The van der Waals surface area contributed by atoms with Gasteiger partial charge in [-0.15, -0.1) is 0 Å². The van der Waals surface area contributed by atoms with Gasteiger partial charge in [-0.25, -0.2) is 17.8 Å². The van der Waals surface area contributed by atoms with Crippen LogP contribution in [0.25, 0.3) is 11.0 Å². The Bertz CT molecular complexity index is 924. The van der Waals surface area contributed by atoms with Crippen molar-refractivity contribution in [2.75, 3.05) is 4.72 Å². The van der Waals surface area contributed by atoms with E-state index in [-0.39, 0.29) is 15.6 Å². The molecule has 8 heteroatoms. The second kappa shape index (κ2) is 5.01. The van der Waals surface area contributed by atoms with E-state index in [1.165, 1.54) is 12.3 Å². The van der Waals surface area contributed by atoms with Gasteiger partial charge in [0.15, 0.2) is 0 Å². The zero-order chi connectivity index (χ0) is 15.0. The van der Waals surface area contributed by atoms with E-state index in [0.717, 1.165) is 12.1 Å². The topological polar surface area (TPSA) is 74.8 Å². The average Bonchev–Trinajstić information content (AvgIpc) is 2.86. The first-order chi connectivity index (χ1) is 9.97. The Balaban J connectivity index is 2.04. The zero-order valence-electron chi connectivity index (χ0n) is 10.5. The van der Waals surface area contributed by atoms with E-state index in [1.807, 2.05) is 0 Å². The minimum absolute atomic E-state index is 0.0171. The Labute approximate surface area is 124 Å². The lowest BCUT2D eigenvalue weighted by Crippen LogP contribution is -2.12. The Hall–Kier alpha value is -2.12. The lowest BCUT2D eigenvalue weighted by Gasteiger charge is -2.08. The fraction of sp³-hybridized carbons (Fsp3) is 0. The second-order valence-electron chi connectivity index (χ2n) is 4.28. The third-order valence-electron chi connectivity index (χ3n) is 2.88. The number of halogens is 2. The normalized spacial score (nSPS) is 11.7. The smallest absolute Gasteiger partial charge is 0.264 e. The summed E-state index contributed by atoms with van der Waals surface area (Å²) in [5.41, 5.74) is 0.569. The highest BCUT2D eigenvalue weighted by Crippen LogP contribution is 2.27. The number of nitrogens with zero attached hydrogens (tertiary/aromatic N) is 1. The van der Waals surface area contributed by atoms with Gasteiger partial charge in [0.1, 0.15) is 16.4 Å². The summed E-state index contributed by atoms with van der Waals surface area (Å²) in [6, 6.07) is 6.71. The van der Waals surface area contributed by atoms with Gasteiger partial charge >= 0.3 is 0 Å². The quantitative estimate of drug-likeness (QED) is 0.776. The number of pyridine rings is 1. The molecule has 0 amide bonds.